The van der Waals surface area contributed by atoms with Gasteiger partial charge in [0.2, 0.25) is 0 Å². The molecule has 1 atom stereocenters. The molecule has 7 heteroatoms. The summed E-state index contributed by atoms with van der Waals surface area (Å²) in [5.41, 5.74) is 0.526. The number of fused-ring (bicyclic) bond motifs is 1. The highest BCUT2D eigenvalue weighted by atomic mass is 32.1. The molecule has 1 N–H and O–H groups in total. The van der Waals surface area contributed by atoms with Crippen LogP contribution in [0.4, 0.5) is 5.82 Å². The van der Waals surface area contributed by atoms with E-state index in [0.29, 0.717) is 5.56 Å². The highest BCUT2D eigenvalue weighted by molar-refractivity contribution is 7.11. The quantitative estimate of drug-likeness (QED) is 0.890. The Bertz CT molecular complexity index is 787. The predicted octanol–water partition coefficient (Wildman–Crippen LogP) is 3.57. The van der Waals surface area contributed by atoms with Gasteiger partial charge < -0.3 is 10.2 Å². The highest BCUT2D eigenvalue weighted by Crippen LogP contribution is 2.41. The van der Waals surface area contributed by atoms with Gasteiger partial charge in [0.25, 0.3) is 5.91 Å². The van der Waals surface area contributed by atoms with Crippen molar-refractivity contribution in [3.05, 3.63) is 27.8 Å². The average molecular weight is 359 g/mol. The molecule has 1 amide bonds. The lowest BCUT2D eigenvalue weighted by Crippen LogP contribution is -2.39. The summed E-state index contributed by atoms with van der Waals surface area (Å²) >= 11 is 1.72. The van der Waals surface area contributed by atoms with Gasteiger partial charge in [-0.05, 0) is 46.5 Å². The SMILES string of the molecule is Cc1cnc(C2CC(C)(C)n3ncc(C(=O)N4CCCCC4)c3N2)s1. The monoisotopic (exact) mass is 359 g/mol. The Morgan fingerprint density at radius 3 is 2.72 bits per heavy atom. The van der Waals surface area contributed by atoms with Crippen LogP contribution in [0.25, 0.3) is 0 Å². The number of amides is 1. The second kappa shape index (κ2) is 6.12. The maximum absolute atomic E-state index is 13.0. The van der Waals surface area contributed by atoms with Crippen molar-refractivity contribution in [3.8, 4) is 0 Å². The van der Waals surface area contributed by atoms with Crippen molar-refractivity contribution in [2.24, 2.45) is 0 Å². The summed E-state index contributed by atoms with van der Waals surface area (Å²) in [5, 5.41) is 9.18. The van der Waals surface area contributed by atoms with E-state index in [1.807, 2.05) is 15.8 Å². The zero-order chi connectivity index (χ0) is 17.6. The first kappa shape index (κ1) is 16.6. The number of likely N-dealkylation sites (tertiary alicyclic amines) is 1. The van der Waals surface area contributed by atoms with Crippen LogP contribution in [0, 0.1) is 6.92 Å². The smallest absolute Gasteiger partial charge is 0.259 e. The molecular weight excluding hydrogens is 334 g/mol. The molecule has 0 radical (unpaired) electrons. The lowest BCUT2D eigenvalue weighted by molar-refractivity contribution is 0.0725. The van der Waals surface area contributed by atoms with Crippen molar-refractivity contribution in [2.45, 2.75) is 58.0 Å². The Kier molecular flexibility index (Phi) is 4.06. The summed E-state index contributed by atoms with van der Waals surface area (Å²) in [6.07, 6.45) is 7.94. The molecule has 6 nitrogen and oxygen atoms in total. The Morgan fingerprint density at radius 2 is 2.04 bits per heavy atom. The molecule has 0 aliphatic carbocycles. The van der Waals surface area contributed by atoms with Gasteiger partial charge in [0.1, 0.15) is 16.4 Å². The van der Waals surface area contributed by atoms with E-state index < -0.39 is 0 Å². The van der Waals surface area contributed by atoms with Crippen LogP contribution in [0.5, 0.6) is 0 Å². The minimum atomic E-state index is -0.161. The molecule has 0 spiro atoms. The first-order chi connectivity index (χ1) is 12.0. The number of carbonyl (C=O) groups excluding carboxylic acids is 1. The van der Waals surface area contributed by atoms with Crippen LogP contribution in [0.3, 0.4) is 0 Å². The van der Waals surface area contributed by atoms with E-state index in [1.165, 1.54) is 11.3 Å². The van der Waals surface area contributed by atoms with E-state index in [2.05, 4.69) is 36.2 Å². The van der Waals surface area contributed by atoms with E-state index in [-0.39, 0.29) is 17.5 Å². The Morgan fingerprint density at radius 1 is 1.28 bits per heavy atom. The number of hydrogen-bond acceptors (Lipinski definition) is 5. The van der Waals surface area contributed by atoms with E-state index in [4.69, 9.17) is 0 Å². The number of aromatic nitrogens is 3. The molecule has 2 aromatic rings. The van der Waals surface area contributed by atoms with E-state index in [9.17, 15) is 4.79 Å². The van der Waals surface area contributed by atoms with Gasteiger partial charge in [0, 0.05) is 24.2 Å². The number of hydrogen-bond donors (Lipinski definition) is 1. The van der Waals surface area contributed by atoms with Gasteiger partial charge in [-0.1, -0.05) is 0 Å². The predicted molar refractivity (Wildman–Crippen MR) is 99.1 cm³/mol. The normalized spacial score (nSPS) is 22.4. The van der Waals surface area contributed by atoms with Gasteiger partial charge in [0.05, 0.1) is 17.8 Å². The zero-order valence-corrected chi connectivity index (χ0v) is 15.9. The maximum Gasteiger partial charge on any atom is 0.259 e. The molecule has 1 saturated heterocycles. The van der Waals surface area contributed by atoms with Crippen molar-refractivity contribution < 1.29 is 4.79 Å². The van der Waals surface area contributed by atoms with Crippen LogP contribution in [-0.2, 0) is 5.54 Å². The Hall–Kier alpha value is -1.89. The summed E-state index contributed by atoms with van der Waals surface area (Å²) < 4.78 is 1.97. The summed E-state index contributed by atoms with van der Waals surface area (Å²) in [7, 11) is 0. The number of piperidine rings is 1. The fraction of sp³-hybridized carbons (Fsp3) is 0.611. The lowest BCUT2D eigenvalue weighted by atomic mass is 9.93. The molecule has 2 aromatic heterocycles. The Labute approximate surface area is 152 Å². The topological polar surface area (TPSA) is 63.1 Å². The van der Waals surface area contributed by atoms with Crippen LogP contribution >= 0.6 is 11.3 Å². The second-order valence-electron chi connectivity index (χ2n) is 7.69. The van der Waals surface area contributed by atoms with Crippen LogP contribution < -0.4 is 5.32 Å². The molecule has 134 valence electrons. The molecule has 1 fully saturated rings. The number of nitrogens with one attached hydrogen (secondary N) is 1. The van der Waals surface area contributed by atoms with Gasteiger partial charge in [-0.15, -0.1) is 11.3 Å². The van der Waals surface area contributed by atoms with Gasteiger partial charge >= 0.3 is 0 Å². The average Bonchev–Trinajstić information content (AvgIpc) is 3.21. The summed E-state index contributed by atoms with van der Waals surface area (Å²) in [4.78, 5) is 20.7. The van der Waals surface area contributed by atoms with Gasteiger partial charge in [-0.3, -0.25) is 4.79 Å². The van der Waals surface area contributed by atoms with E-state index >= 15 is 0 Å². The van der Waals surface area contributed by atoms with E-state index in [1.54, 1.807) is 17.5 Å². The third-order valence-electron chi connectivity index (χ3n) is 5.17. The lowest BCUT2D eigenvalue weighted by Gasteiger charge is -2.37. The first-order valence-corrected chi connectivity index (χ1v) is 9.84. The van der Waals surface area contributed by atoms with Gasteiger partial charge in [0.15, 0.2) is 0 Å². The van der Waals surface area contributed by atoms with Gasteiger partial charge in [-0.25, -0.2) is 9.67 Å². The number of rotatable bonds is 2. The highest BCUT2D eigenvalue weighted by Gasteiger charge is 2.38. The van der Waals surface area contributed by atoms with Crippen molar-refractivity contribution in [3.63, 3.8) is 0 Å². The molecule has 4 heterocycles. The molecule has 1 unspecified atom stereocenters. The van der Waals surface area contributed by atoms with Crippen molar-refractivity contribution in [1.82, 2.24) is 19.7 Å². The minimum Gasteiger partial charge on any atom is -0.360 e. The number of carbonyl (C=O) groups is 1. The number of aryl methyl sites for hydroxylation is 1. The van der Waals surface area contributed by atoms with Crippen LogP contribution in [0.1, 0.15) is 65.8 Å². The molecular formula is C18H25N5OS. The third-order valence-corrected chi connectivity index (χ3v) is 6.19. The second-order valence-corrected chi connectivity index (χ2v) is 8.96. The molecule has 2 aliphatic heterocycles. The molecule has 4 rings (SSSR count). The molecule has 0 bridgehead atoms. The number of nitrogens with zero attached hydrogens (tertiary/aromatic N) is 4. The summed E-state index contributed by atoms with van der Waals surface area (Å²) in [6.45, 7) is 8.12. The standard InChI is InChI=1S/C18H25N5OS/c1-12-10-19-16(25-12)14-9-18(2,3)23-15(21-14)13(11-20-23)17(24)22-7-5-4-6-8-22/h10-11,14,21H,4-9H2,1-3H3. The van der Waals surface area contributed by atoms with Crippen molar-refractivity contribution >= 4 is 23.1 Å². The molecule has 25 heavy (non-hydrogen) atoms. The number of thiazole rings is 1. The molecule has 0 aromatic carbocycles. The van der Waals surface area contributed by atoms with Crippen molar-refractivity contribution in [1.29, 1.82) is 0 Å². The van der Waals surface area contributed by atoms with Crippen molar-refractivity contribution in [2.75, 3.05) is 18.4 Å². The fourth-order valence-corrected chi connectivity index (χ4v) is 4.68. The minimum absolute atomic E-state index is 0.0974. The number of anilines is 1. The van der Waals surface area contributed by atoms with Crippen LogP contribution in [-0.4, -0.2) is 38.7 Å². The molecule has 0 saturated carbocycles. The van der Waals surface area contributed by atoms with Gasteiger partial charge in [-0.2, -0.15) is 5.10 Å². The maximum atomic E-state index is 13.0. The summed E-state index contributed by atoms with van der Waals surface area (Å²) in [6, 6.07) is 0.116. The van der Waals surface area contributed by atoms with E-state index in [0.717, 1.165) is 43.2 Å². The molecule has 2 aliphatic rings. The Balaban J connectivity index is 1.67. The third kappa shape index (κ3) is 2.94. The van der Waals surface area contributed by atoms with Crippen LogP contribution in [0.15, 0.2) is 12.4 Å². The first-order valence-electron chi connectivity index (χ1n) is 9.02. The zero-order valence-electron chi connectivity index (χ0n) is 15.1. The summed E-state index contributed by atoms with van der Waals surface area (Å²) in [5.74, 6) is 0.935. The van der Waals surface area contributed by atoms with Crippen LogP contribution in [0.2, 0.25) is 0 Å². The largest absolute Gasteiger partial charge is 0.360 e. The fourth-order valence-electron chi connectivity index (χ4n) is 3.85.